The van der Waals surface area contributed by atoms with E-state index < -0.39 is 5.97 Å². The van der Waals surface area contributed by atoms with Crippen LogP contribution in [0.5, 0.6) is 0 Å². The number of fused-ring (bicyclic) bond motifs is 1. The van der Waals surface area contributed by atoms with Gasteiger partial charge in [-0.15, -0.1) is 0 Å². The normalized spacial score (nSPS) is 19.8. The van der Waals surface area contributed by atoms with Crippen LogP contribution in [0.2, 0.25) is 0 Å². The van der Waals surface area contributed by atoms with E-state index in [0.717, 1.165) is 18.5 Å². The molecule has 7 heteroatoms. The number of aryl methyl sites for hydroxylation is 1. The summed E-state index contributed by atoms with van der Waals surface area (Å²) in [6.07, 6.45) is 2.51. The highest BCUT2D eigenvalue weighted by Crippen LogP contribution is 2.32. The Labute approximate surface area is 145 Å². The Morgan fingerprint density at radius 2 is 2.12 bits per heavy atom. The van der Waals surface area contributed by atoms with Crippen molar-refractivity contribution in [2.24, 2.45) is 5.92 Å². The van der Waals surface area contributed by atoms with Crippen molar-refractivity contribution in [2.75, 3.05) is 0 Å². The maximum Gasteiger partial charge on any atom is 0.303 e. The van der Waals surface area contributed by atoms with Crippen LogP contribution in [0.1, 0.15) is 67.2 Å². The minimum Gasteiger partial charge on any atom is -0.481 e. The third-order valence-corrected chi connectivity index (χ3v) is 4.81. The van der Waals surface area contributed by atoms with Crippen molar-refractivity contribution in [2.45, 2.75) is 58.4 Å². The molecule has 25 heavy (non-hydrogen) atoms. The van der Waals surface area contributed by atoms with Crippen molar-refractivity contribution < 1.29 is 19.2 Å². The third kappa shape index (κ3) is 3.65. The fourth-order valence-corrected chi connectivity index (χ4v) is 3.27. The SMILES string of the molecule is Cc1noc2nc(C(C)C)cc(C(=O)NC3CC(CCC(=O)O)C3)c12. The van der Waals surface area contributed by atoms with E-state index in [2.05, 4.69) is 15.5 Å². The quantitative estimate of drug-likeness (QED) is 0.833. The average Bonchev–Trinajstić information content (AvgIpc) is 2.89. The molecule has 0 bridgehead atoms. The Hall–Kier alpha value is -2.44. The fourth-order valence-electron chi connectivity index (χ4n) is 3.27. The number of nitrogens with zero attached hydrogens (tertiary/aromatic N) is 2. The number of pyridine rings is 1. The van der Waals surface area contributed by atoms with Gasteiger partial charge in [0.2, 0.25) is 0 Å². The predicted octanol–water partition coefficient (Wildman–Crippen LogP) is 3.03. The van der Waals surface area contributed by atoms with Crippen LogP contribution in [-0.4, -0.2) is 33.2 Å². The lowest BCUT2D eigenvalue weighted by atomic mass is 9.77. The molecule has 0 aliphatic heterocycles. The summed E-state index contributed by atoms with van der Waals surface area (Å²) in [5.41, 5.74) is 2.38. The van der Waals surface area contributed by atoms with Crippen LogP contribution >= 0.6 is 0 Å². The molecule has 0 atom stereocenters. The van der Waals surface area contributed by atoms with Crippen molar-refractivity contribution in [1.82, 2.24) is 15.5 Å². The summed E-state index contributed by atoms with van der Waals surface area (Å²) in [7, 11) is 0. The van der Waals surface area contributed by atoms with Crippen molar-refractivity contribution in [3.8, 4) is 0 Å². The number of carboxylic acids is 1. The number of carbonyl (C=O) groups is 2. The molecule has 1 aliphatic rings. The lowest BCUT2D eigenvalue weighted by molar-refractivity contribution is -0.137. The van der Waals surface area contributed by atoms with E-state index >= 15 is 0 Å². The second kappa shape index (κ2) is 6.82. The number of carbonyl (C=O) groups excluding carboxylic acids is 1. The highest BCUT2D eigenvalue weighted by Gasteiger charge is 2.31. The van der Waals surface area contributed by atoms with E-state index in [1.165, 1.54) is 0 Å². The van der Waals surface area contributed by atoms with Gasteiger partial charge in [-0.1, -0.05) is 19.0 Å². The Bertz CT molecular complexity index is 806. The Kier molecular flexibility index (Phi) is 4.74. The molecule has 7 nitrogen and oxygen atoms in total. The van der Waals surface area contributed by atoms with E-state index in [1.54, 1.807) is 6.92 Å². The van der Waals surface area contributed by atoms with Gasteiger partial charge in [-0.2, -0.15) is 0 Å². The molecule has 0 spiro atoms. The Morgan fingerprint density at radius 3 is 2.76 bits per heavy atom. The number of nitrogens with one attached hydrogen (secondary N) is 1. The standard InChI is InChI=1S/C18H23N3O4/c1-9(2)14-8-13(16-10(3)21-25-18(16)20-14)17(24)19-12-6-11(7-12)4-5-15(22)23/h8-9,11-12H,4-7H2,1-3H3,(H,19,24)(H,22,23). The Balaban J connectivity index is 1.72. The van der Waals surface area contributed by atoms with Gasteiger partial charge >= 0.3 is 5.97 Å². The zero-order valence-corrected chi connectivity index (χ0v) is 14.7. The summed E-state index contributed by atoms with van der Waals surface area (Å²) in [4.78, 5) is 27.8. The van der Waals surface area contributed by atoms with Crippen LogP contribution in [0.15, 0.2) is 10.6 Å². The molecule has 1 saturated carbocycles. The van der Waals surface area contributed by atoms with E-state index in [9.17, 15) is 9.59 Å². The summed E-state index contributed by atoms with van der Waals surface area (Å²) < 4.78 is 5.25. The van der Waals surface area contributed by atoms with Crippen LogP contribution in [-0.2, 0) is 4.79 Å². The molecular weight excluding hydrogens is 322 g/mol. The van der Waals surface area contributed by atoms with Crippen LogP contribution in [0.4, 0.5) is 0 Å². The van der Waals surface area contributed by atoms with Crippen molar-refractivity contribution in [3.63, 3.8) is 0 Å². The van der Waals surface area contributed by atoms with Gasteiger partial charge in [-0.05, 0) is 44.1 Å². The van der Waals surface area contributed by atoms with E-state index in [-0.39, 0.29) is 24.3 Å². The maximum atomic E-state index is 12.8. The number of rotatable bonds is 6. The molecule has 1 fully saturated rings. The number of hydrogen-bond donors (Lipinski definition) is 2. The van der Waals surface area contributed by atoms with E-state index in [1.807, 2.05) is 19.9 Å². The summed E-state index contributed by atoms with van der Waals surface area (Å²) in [6, 6.07) is 1.91. The van der Waals surface area contributed by atoms with Gasteiger partial charge in [0.25, 0.3) is 11.6 Å². The second-order valence-corrected chi connectivity index (χ2v) is 7.14. The zero-order chi connectivity index (χ0) is 18.1. The second-order valence-electron chi connectivity index (χ2n) is 7.14. The van der Waals surface area contributed by atoms with Crippen LogP contribution in [0.25, 0.3) is 11.1 Å². The average molecular weight is 345 g/mol. The fraction of sp³-hybridized carbons (Fsp3) is 0.556. The van der Waals surface area contributed by atoms with Crippen molar-refractivity contribution in [3.05, 3.63) is 23.0 Å². The van der Waals surface area contributed by atoms with Gasteiger partial charge in [-0.25, -0.2) is 4.98 Å². The van der Waals surface area contributed by atoms with Crippen molar-refractivity contribution in [1.29, 1.82) is 0 Å². The molecule has 2 N–H and O–H groups in total. The lowest BCUT2D eigenvalue weighted by Gasteiger charge is -2.35. The van der Waals surface area contributed by atoms with Gasteiger partial charge in [0.05, 0.1) is 16.6 Å². The van der Waals surface area contributed by atoms with Gasteiger partial charge < -0.3 is 14.9 Å². The third-order valence-electron chi connectivity index (χ3n) is 4.81. The topological polar surface area (TPSA) is 105 Å². The van der Waals surface area contributed by atoms with E-state index in [4.69, 9.17) is 9.63 Å². The monoisotopic (exact) mass is 345 g/mol. The minimum atomic E-state index is -0.768. The molecule has 0 saturated heterocycles. The van der Waals surface area contributed by atoms with Crippen LogP contribution in [0.3, 0.4) is 0 Å². The summed E-state index contributed by atoms with van der Waals surface area (Å²) in [6.45, 7) is 5.82. The highest BCUT2D eigenvalue weighted by molar-refractivity contribution is 6.06. The molecule has 0 radical (unpaired) electrons. The number of aliphatic carboxylic acids is 1. The first-order valence-corrected chi connectivity index (χ1v) is 8.64. The predicted molar refractivity (Wildman–Crippen MR) is 91.5 cm³/mol. The highest BCUT2D eigenvalue weighted by atomic mass is 16.5. The van der Waals surface area contributed by atoms with Gasteiger partial charge in [0, 0.05) is 18.2 Å². The molecular formula is C18H23N3O4. The molecule has 0 unspecified atom stereocenters. The van der Waals surface area contributed by atoms with Gasteiger partial charge in [0.15, 0.2) is 0 Å². The zero-order valence-electron chi connectivity index (χ0n) is 14.7. The summed E-state index contributed by atoms with van der Waals surface area (Å²) in [5.74, 6) is -0.369. The smallest absolute Gasteiger partial charge is 0.303 e. The first kappa shape index (κ1) is 17.4. The summed E-state index contributed by atoms with van der Waals surface area (Å²) in [5, 5.41) is 16.4. The first-order chi connectivity index (χ1) is 11.8. The van der Waals surface area contributed by atoms with Crippen LogP contribution in [0, 0.1) is 12.8 Å². The van der Waals surface area contributed by atoms with Gasteiger partial charge in [-0.3, -0.25) is 9.59 Å². The molecule has 2 aromatic heterocycles. The molecule has 2 aromatic rings. The number of carboxylic acid groups (broad SMARTS) is 1. The molecule has 134 valence electrons. The molecule has 1 amide bonds. The van der Waals surface area contributed by atoms with E-state index in [0.29, 0.717) is 34.7 Å². The minimum absolute atomic E-state index is 0.0946. The lowest BCUT2D eigenvalue weighted by Crippen LogP contribution is -2.44. The number of amides is 1. The van der Waals surface area contributed by atoms with Crippen molar-refractivity contribution >= 4 is 23.0 Å². The largest absolute Gasteiger partial charge is 0.481 e. The maximum absolute atomic E-state index is 12.8. The number of hydrogen-bond acceptors (Lipinski definition) is 5. The molecule has 2 heterocycles. The molecule has 0 aromatic carbocycles. The Morgan fingerprint density at radius 1 is 1.40 bits per heavy atom. The molecule has 3 rings (SSSR count). The summed E-state index contributed by atoms with van der Waals surface area (Å²) >= 11 is 0. The molecule has 1 aliphatic carbocycles. The van der Waals surface area contributed by atoms with Crippen LogP contribution < -0.4 is 5.32 Å². The first-order valence-electron chi connectivity index (χ1n) is 8.64. The van der Waals surface area contributed by atoms with Gasteiger partial charge in [0.1, 0.15) is 0 Å². The number of aromatic nitrogens is 2.